The Morgan fingerprint density at radius 2 is 2.16 bits per heavy atom. The van der Waals surface area contributed by atoms with Crippen molar-refractivity contribution in [1.82, 2.24) is 0 Å². The standard InChI is InChI=1S/C13H15N3O2S/c1-10-5-6-12(4-3-7-14)8-13(10)16-19(17,18)11(2)9-15/h5-6,8,11,16H,7,14H2,1-2H3. The maximum absolute atomic E-state index is 11.8. The van der Waals surface area contributed by atoms with Gasteiger partial charge < -0.3 is 5.73 Å². The summed E-state index contributed by atoms with van der Waals surface area (Å²) in [6.07, 6.45) is 0. The van der Waals surface area contributed by atoms with E-state index in [-0.39, 0.29) is 6.54 Å². The predicted molar refractivity (Wildman–Crippen MR) is 74.7 cm³/mol. The number of nitriles is 1. The van der Waals surface area contributed by atoms with Crippen molar-refractivity contribution in [3.63, 3.8) is 0 Å². The SMILES string of the molecule is Cc1ccc(C#CCN)cc1NS(=O)(=O)C(C)C#N. The second kappa shape index (κ2) is 6.24. The number of sulfonamides is 1. The van der Waals surface area contributed by atoms with E-state index in [0.29, 0.717) is 11.3 Å². The zero-order valence-electron chi connectivity index (χ0n) is 10.8. The number of nitrogens with zero attached hydrogens (tertiary/aromatic N) is 1. The Kier molecular flexibility index (Phi) is 4.94. The van der Waals surface area contributed by atoms with Crippen molar-refractivity contribution in [3.8, 4) is 17.9 Å². The number of benzene rings is 1. The van der Waals surface area contributed by atoms with Gasteiger partial charge in [0.15, 0.2) is 5.25 Å². The largest absolute Gasteiger partial charge is 0.320 e. The summed E-state index contributed by atoms with van der Waals surface area (Å²) in [7, 11) is -3.71. The number of rotatable bonds is 3. The van der Waals surface area contributed by atoms with Crippen LogP contribution in [0.25, 0.3) is 0 Å². The quantitative estimate of drug-likeness (QED) is 0.804. The minimum atomic E-state index is -3.71. The molecule has 0 aliphatic carbocycles. The molecule has 1 rings (SSSR count). The van der Waals surface area contributed by atoms with Crippen LogP contribution in [-0.4, -0.2) is 20.2 Å². The van der Waals surface area contributed by atoms with E-state index in [2.05, 4.69) is 16.6 Å². The molecule has 0 radical (unpaired) electrons. The summed E-state index contributed by atoms with van der Waals surface area (Å²) in [5.41, 5.74) is 7.13. The van der Waals surface area contributed by atoms with Crippen LogP contribution >= 0.6 is 0 Å². The Labute approximate surface area is 113 Å². The third kappa shape index (κ3) is 3.99. The summed E-state index contributed by atoms with van der Waals surface area (Å²) in [6, 6.07) is 6.86. The summed E-state index contributed by atoms with van der Waals surface area (Å²) in [6.45, 7) is 3.34. The van der Waals surface area contributed by atoms with Crippen LogP contribution in [0.2, 0.25) is 0 Å². The number of anilines is 1. The van der Waals surface area contributed by atoms with Gasteiger partial charge in [-0.25, -0.2) is 8.42 Å². The van der Waals surface area contributed by atoms with Crippen LogP contribution in [-0.2, 0) is 10.0 Å². The summed E-state index contributed by atoms with van der Waals surface area (Å²) < 4.78 is 26.0. The van der Waals surface area contributed by atoms with Crippen LogP contribution < -0.4 is 10.5 Å². The number of nitrogens with one attached hydrogen (secondary N) is 1. The van der Waals surface area contributed by atoms with Crippen molar-refractivity contribution in [1.29, 1.82) is 5.26 Å². The summed E-state index contributed by atoms with van der Waals surface area (Å²) >= 11 is 0. The van der Waals surface area contributed by atoms with E-state index in [1.54, 1.807) is 31.2 Å². The van der Waals surface area contributed by atoms with Gasteiger partial charge in [-0.05, 0) is 31.5 Å². The molecule has 1 aromatic rings. The molecule has 1 aromatic carbocycles. The van der Waals surface area contributed by atoms with Gasteiger partial charge in [0, 0.05) is 5.56 Å². The maximum Gasteiger partial charge on any atom is 0.248 e. The van der Waals surface area contributed by atoms with E-state index in [4.69, 9.17) is 11.0 Å². The van der Waals surface area contributed by atoms with Crippen LogP contribution in [0.15, 0.2) is 18.2 Å². The van der Waals surface area contributed by atoms with Crippen molar-refractivity contribution in [3.05, 3.63) is 29.3 Å². The molecule has 5 nitrogen and oxygen atoms in total. The summed E-state index contributed by atoms with van der Waals surface area (Å²) in [5.74, 6) is 5.52. The zero-order valence-corrected chi connectivity index (χ0v) is 11.6. The fraction of sp³-hybridized carbons (Fsp3) is 0.308. The first-order valence-electron chi connectivity index (χ1n) is 5.61. The minimum Gasteiger partial charge on any atom is -0.320 e. The topological polar surface area (TPSA) is 96.0 Å². The molecule has 0 spiro atoms. The Morgan fingerprint density at radius 3 is 2.74 bits per heavy atom. The first-order chi connectivity index (χ1) is 8.90. The first-order valence-corrected chi connectivity index (χ1v) is 7.16. The molecule has 0 aliphatic heterocycles. The highest BCUT2D eigenvalue weighted by Gasteiger charge is 2.20. The summed E-state index contributed by atoms with van der Waals surface area (Å²) in [4.78, 5) is 0. The van der Waals surface area contributed by atoms with Crippen molar-refractivity contribution in [2.75, 3.05) is 11.3 Å². The Morgan fingerprint density at radius 1 is 1.47 bits per heavy atom. The predicted octanol–water partition coefficient (Wildman–Crippen LogP) is 0.959. The molecule has 0 heterocycles. The lowest BCUT2D eigenvalue weighted by Crippen LogP contribution is -2.24. The number of nitrogens with two attached hydrogens (primary N) is 1. The van der Waals surface area contributed by atoms with Crippen molar-refractivity contribution in [2.45, 2.75) is 19.1 Å². The van der Waals surface area contributed by atoms with Crippen LogP contribution in [0, 0.1) is 30.1 Å². The molecule has 19 heavy (non-hydrogen) atoms. The van der Waals surface area contributed by atoms with Gasteiger partial charge in [-0.3, -0.25) is 4.72 Å². The molecule has 3 N–H and O–H groups in total. The number of aryl methyl sites for hydroxylation is 1. The first kappa shape index (κ1) is 15.0. The van der Waals surface area contributed by atoms with Gasteiger partial charge in [0.05, 0.1) is 18.3 Å². The van der Waals surface area contributed by atoms with Gasteiger partial charge in [-0.2, -0.15) is 5.26 Å². The maximum atomic E-state index is 11.8. The van der Waals surface area contributed by atoms with Crippen LogP contribution in [0.5, 0.6) is 0 Å². The molecule has 0 amide bonds. The average molecular weight is 277 g/mol. The molecule has 0 aromatic heterocycles. The van der Waals surface area contributed by atoms with Gasteiger partial charge in [0.25, 0.3) is 0 Å². The Hall–Kier alpha value is -2.02. The molecule has 1 unspecified atom stereocenters. The molecule has 0 saturated heterocycles. The van der Waals surface area contributed by atoms with Crippen molar-refractivity contribution < 1.29 is 8.42 Å². The molecule has 0 saturated carbocycles. The van der Waals surface area contributed by atoms with Gasteiger partial charge in [0.1, 0.15) is 0 Å². The second-order valence-corrected chi connectivity index (χ2v) is 5.96. The number of hydrogen-bond donors (Lipinski definition) is 2. The van der Waals surface area contributed by atoms with Gasteiger partial charge in [-0.1, -0.05) is 17.9 Å². The van der Waals surface area contributed by atoms with E-state index in [0.717, 1.165) is 5.56 Å². The Balaban J connectivity index is 3.12. The van der Waals surface area contributed by atoms with Crippen LogP contribution in [0.4, 0.5) is 5.69 Å². The lowest BCUT2D eigenvalue weighted by molar-refractivity contribution is 0.597. The Bertz CT molecular complexity index is 663. The minimum absolute atomic E-state index is 0.237. The van der Waals surface area contributed by atoms with Crippen molar-refractivity contribution in [2.24, 2.45) is 5.73 Å². The zero-order chi connectivity index (χ0) is 14.5. The molecule has 0 aliphatic rings. The van der Waals surface area contributed by atoms with Gasteiger partial charge in [0.2, 0.25) is 10.0 Å². The van der Waals surface area contributed by atoms with E-state index in [9.17, 15) is 8.42 Å². The lowest BCUT2D eigenvalue weighted by atomic mass is 10.1. The average Bonchev–Trinajstić information content (AvgIpc) is 2.38. The van der Waals surface area contributed by atoms with Crippen molar-refractivity contribution >= 4 is 15.7 Å². The van der Waals surface area contributed by atoms with Gasteiger partial charge >= 0.3 is 0 Å². The van der Waals surface area contributed by atoms with Crippen LogP contribution in [0.1, 0.15) is 18.1 Å². The monoisotopic (exact) mass is 277 g/mol. The normalized spacial score (nSPS) is 11.9. The fourth-order valence-electron chi connectivity index (χ4n) is 1.27. The van der Waals surface area contributed by atoms with Gasteiger partial charge in [-0.15, -0.1) is 0 Å². The van der Waals surface area contributed by atoms with Crippen LogP contribution in [0.3, 0.4) is 0 Å². The second-order valence-electron chi connectivity index (χ2n) is 3.95. The molecule has 0 fully saturated rings. The highest BCUT2D eigenvalue weighted by atomic mass is 32.2. The van der Waals surface area contributed by atoms with E-state index >= 15 is 0 Å². The molecular formula is C13H15N3O2S. The van der Waals surface area contributed by atoms with E-state index in [1.807, 2.05) is 0 Å². The smallest absolute Gasteiger partial charge is 0.248 e. The van der Waals surface area contributed by atoms with E-state index < -0.39 is 15.3 Å². The molecular weight excluding hydrogens is 262 g/mol. The highest BCUT2D eigenvalue weighted by molar-refractivity contribution is 7.93. The van der Waals surface area contributed by atoms with E-state index in [1.165, 1.54) is 6.92 Å². The third-order valence-corrected chi connectivity index (χ3v) is 4.01. The molecule has 100 valence electrons. The molecule has 0 bridgehead atoms. The molecule has 6 heteroatoms. The highest BCUT2D eigenvalue weighted by Crippen LogP contribution is 2.19. The third-order valence-electron chi connectivity index (χ3n) is 2.47. The lowest BCUT2D eigenvalue weighted by Gasteiger charge is -2.11. The molecule has 1 atom stereocenters. The number of hydrogen-bond acceptors (Lipinski definition) is 4. The summed E-state index contributed by atoms with van der Waals surface area (Å²) in [5, 5.41) is 7.56. The fourth-order valence-corrected chi connectivity index (χ4v) is 2.12.